The van der Waals surface area contributed by atoms with E-state index >= 15 is 0 Å². The van der Waals surface area contributed by atoms with Crippen molar-refractivity contribution in [2.24, 2.45) is 0 Å². The van der Waals surface area contributed by atoms with Crippen molar-refractivity contribution in [1.29, 1.82) is 0 Å². The molecular weight excluding hydrogens is 374 g/mol. The number of amides is 1. The van der Waals surface area contributed by atoms with Crippen LogP contribution in [0.4, 0.5) is 5.13 Å². The van der Waals surface area contributed by atoms with Crippen molar-refractivity contribution in [3.63, 3.8) is 0 Å². The third-order valence-corrected chi connectivity index (χ3v) is 4.49. The molecule has 0 aliphatic carbocycles. The maximum Gasteiger partial charge on any atom is 0.342 e. The highest BCUT2D eigenvalue weighted by Crippen LogP contribution is 2.24. The van der Waals surface area contributed by atoms with Crippen LogP contribution in [0.3, 0.4) is 0 Å². The number of aromatic nitrogens is 2. The van der Waals surface area contributed by atoms with Crippen LogP contribution >= 0.6 is 22.9 Å². The second kappa shape index (κ2) is 8.07. The van der Waals surface area contributed by atoms with Gasteiger partial charge in [0.25, 0.3) is 5.91 Å². The van der Waals surface area contributed by atoms with Crippen LogP contribution < -0.4 is 5.32 Å². The lowest BCUT2D eigenvalue weighted by Gasteiger charge is -2.12. The van der Waals surface area contributed by atoms with Gasteiger partial charge >= 0.3 is 5.97 Å². The Morgan fingerprint density at radius 3 is 2.69 bits per heavy atom. The van der Waals surface area contributed by atoms with Gasteiger partial charge < -0.3 is 4.74 Å². The fourth-order valence-electron chi connectivity index (χ4n) is 2.10. The number of carbonyl (C=O) groups excluding carboxylic acids is 2. The van der Waals surface area contributed by atoms with E-state index in [-0.39, 0.29) is 10.7 Å². The summed E-state index contributed by atoms with van der Waals surface area (Å²) in [4.78, 5) is 32.5. The summed E-state index contributed by atoms with van der Waals surface area (Å²) in [5.41, 5.74) is 1.82. The van der Waals surface area contributed by atoms with Gasteiger partial charge in [0.15, 0.2) is 11.2 Å². The highest BCUT2D eigenvalue weighted by atomic mass is 35.5. The van der Waals surface area contributed by atoms with Gasteiger partial charge in [-0.05, 0) is 19.1 Å². The SMILES string of the molecule is C[C@H](OC(=O)c1cccnc1Cl)C(=O)Nc1nc(-c2ccccc2)cs1. The number of halogens is 1. The van der Waals surface area contributed by atoms with Crippen molar-refractivity contribution >= 4 is 39.9 Å². The first-order chi connectivity index (χ1) is 12.5. The molecule has 0 aliphatic heterocycles. The molecule has 0 bridgehead atoms. The highest BCUT2D eigenvalue weighted by molar-refractivity contribution is 7.14. The number of benzene rings is 1. The summed E-state index contributed by atoms with van der Waals surface area (Å²) >= 11 is 7.15. The molecule has 1 aromatic carbocycles. The van der Waals surface area contributed by atoms with Gasteiger partial charge in [0.05, 0.1) is 11.3 Å². The molecule has 1 atom stereocenters. The van der Waals surface area contributed by atoms with Gasteiger partial charge in [0, 0.05) is 17.1 Å². The van der Waals surface area contributed by atoms with E-state index in [2.05, 4.69) is 15.3 Å². The fraction of sp³-hybridized carbons (Fsp3) is 0.111. The molecule has 0 spiro atoms. The van der Waals surface area contributed by atoms with Crippen LogP contribution in [0.2, 0.25) is 5.15 Å². The smallest absolute Gasteiger partial charge is 0.342 e. The molecule has 1 amide bonds. The molecule has 0 saturated heterocycles. The number of ether oxygens (including phenoxy) is 1. The summed E-state index contributed by atoms with van der Waals surface area (Å²) < 4.78 is 5.14. The van der Waals surface area contributed by atoms with Gasteiger partial charge in [0.2, 0.25) is 0 Å². The third kappa shape index (κ3) is 4.25. The van der Waals surface area contributed by atoms with E-state index in [1.54, 1.807) is 6.07 Å². The molecule has 132 valence electrons. The lowest BCUT2D eigenvalue weighted by molar-refractivity contribution is -0.123. The normalized spacial score (nSPS) is 11.6. The zero-order valence-corrected chi connectivity index (χ0v) is 15.3. The first kappa shape index (κ1) is 18.0. The van der Waals surface area contributed by atoms with E-state index in [4.69, 9.17) is 16.3 Å². The Morgan fingerprint density at radius 1 is 1.19 bits per heavy atom. The van der Waals surface area contributed by atoms with Crippen molar-refractivity contribution in [2.75, 3.05) is 5.32 Å². The standard InChI is InChI=1S/C18H14ClN3O3S/c1-11(25-17(24)13-8-5-9-20-15(13)19)16(23)22-18-21-14(10-26-18)12-6-3-2-4-7-12/h2-11H,1H3,(H,21,22,23)/t11-/m0/s1. The van der Waals surface area contributed by atoms with E-state index in [1.807, 2.05) is 35.7 Å². The summed E-state index contributed by atoms with van der Waals surface area (Å²) in [7, 11) is 0. The largest absolute Gasteiger partial charge is 0.449 e. The van der Waals surface area contributed by atoms with Gasteiger partial charge in [0.1, 0.15) is 5.15 Å². The maximum atomic E-state index is 12.2. The Morgan fingerprint density at radius 2 is 1.96 bits per heavy atom. The van der Waals surface area contributed by atoms with Crippen LogP contribution in [0.1, 0.15) is 17.3 Å². The second-order valence-electron chi connectivity index (χ2n) is 5.28. The van der Waals surface area contributed by atoms with Gasteiger partial charge in [-0.3, -0.25) is 10.1 Å². The first-order valence-corrected chi connectivity index (χ1v) is 8.93. The minimum atomic E-state index is -1.01. The van der Waals surface area contributed by atoms with Crippen molar-refractivity contribution < 1.29 is 14.3 Å². The number of pyridine rings is 1. The minimum absolute atomic E-state index is 0.0255. The van der Waals surface area contributed by atoms with Crippen molar-refractivity contribution in [1.82, 2.24) is 9.97 Å². The average Bonchev–Trinajstić information content (AvgIpc) is 3.11. The molecule has 6 nitrogen and oxygen atoms in total. The van der Waals surface area contributed by atoms with E-state index in [0.29, 0.717) is 5.13 Å². The van der Waals surface area contributed by atoms with Gasteiger partial charge in [-0.2, -0.15) is 0 Å². The predicted molar refractivity (Wildman–Crippen MR) is 100 cm³/mol. The van der Waals surface area contributed by atoms with Crippen LogP contribution in [-0.2, 0) is 9.53 Å². The topological polar surface area (TPSA) is 81.2 Å². The number of rotatable bonds is 5. The summed E-state index contributed by atoms with van der Waals surface area (Å²) in [6.45, 7) is 1.48. The monoisotopic (exact) mass is 387 g/mol. The van der Waals surface area contributed by atoms with E-state index in [1.165, 1.54) is 30.5 Å². The Kier molecular flexibility index (Phi) is 5.60. The van der Waals surface area contributed by atoms with Crippen LogP contribution in [0.25, 0.3) is 11.3 Å². The number of anilines is 1. The molecule has 2 heterocycles. The molecule has 0 unspecified atom stereocenters. The zero-order chi connectivity index (χ0) is 18.5. The summed E-state index contributed by atoms with van der Waals surface area (Å²) in [5, 5.41) is 4.94. The Bertz CT molecular complexity index is 930. The van der Waals surface area contributed by atoms with Crippen LogP contribution in [0.15, 0.2) is 54.0 Å². The first-order valence-electron chi connectivity index (χ1n) is 7.68. The number of hydrogen-bond donors (Lipinski definition) is 1. The van der Waals surface area contributed by atoms with Crippen molar-refractivity contribution in [3.8, 4) is 11.3 Å². The van der Waals surface area contributed by atoms with Crippen molar-refractivity contribution in [3.05, 3.63) is 64.8 Å². The Hall–Kier alpha value is -2.77. The highest BCUT2D eigenvalue weighted by Gasteiger charge is 2.21. The summed E-state index contributed by atoms with van der Waals surface area (Å²) in [6, 6.07) is 12.7. The summed E-state index contributed by atoms with van der Waals surface area (Å²) in [5.74, 6) is -1.19. The number of thiazole rings is 1. The number of nitrogens with zero attached hydrogens (tertiary/aromatic N) is 2. The van der Waals surface area contributed by atoms with Crippen molar-refractivity contribution in [2.45, 2.75) is 13.0 Å². The fourth-order valence-corrected chi connectivity index (χ4v) is 3.01. The molecule has 2 aromatic heterocycles. The Labute approximate surface area is 158 Å². The van der Waals surface area contributed by atoms with E-state index in [0.717, 1.165) is 11.3 Å². The second-order valence-corrected chi connectivity index (χ2v) is 6.50. The van der Waals surface area contributed by atoms with Gasteiger partial charge in [-0.25, -0.2) is 14.8 Å². The van der Waals surface area contributed by atoms with E-state index in [9.17, 15) is 9.59 Å². The molecule has 1 N–H and O–H groups in total. The zero-order valence-electron chi connectivity index (χ0n) is 13.7. The lowest BCUT2D eigenvalue weighted by Crippen LogP contribution is -2.30. The number of hydrogen-bond acceptors (Lipinski definition) is 6. The number of nitrogens with one attached hydrogen (secondary N) is 1. The Balaban J connectivity index is 1.62. The quantitative estimate of drug-likeness (QED) is 0.527. The number of esters is 1. The maximum absolute atomic E-state index is 12.2. The third-order valence-electron chi connectivity index (χ3n) is 3.44. The van der Waals surface area contributed by atoms with Gasteiger partial charge in [-0.1, -0.05) is 41.9 Å². The lowest BCUT2D eigenvalue weighted by atomic mass is 10.2. The van der Waals surface area contributed by atoms with Crippen LogP contribution in [-0.4, -0.2) is 27.9 Å². The summed E-state index contributed by atoms with van der Waals surface area (Å²) in [6.07, 6.45) is 0.449. The molecule has 8 heteroatoms. The van der Waals surface area contributed by atoms with E-state index < -0.39 is 18.0 Å². The molecule has 3 aromatic rings. The minimum Gasteiger partial charge on any atom is -0.449 e. The molecule has 3 rings (SSSR count). The molecule has 0 saturated carbocycles. The molecule has 26 heavy (non-hydrogen) atoms. The number of carbonyl (C=O) groups is 2. The van der Waals surface area contributed by atoms with Crippen LogP contribution in [0.5, 0.6) is 0 Å². The molecular formula is C18H14ClN3O3S. The molecule has 0 aliphatic rings. The predicted octanol–water partition coefficient (Wildman–Crippen LogP) is 4.04. The molecule has 0 radical (unpaired) electrons. The average molecular weight is 388 g/mol. The van der Waals surface area contributed by atoms with Gasteiger partial charge in [-0.15, -0.1) is 11.3 Å². The molecule has 0 fully saturated rings. The van der Waals surface area contributed by atoms with Crippen LogP contribution in [0, 0.1) is 0 Å².